The van der Waals surface area contributed by atoms with Gasteiger partial charge in [-0.15, -0.1) is 10.2 Å². The summed E-state index contributed by atoms with van der Waals surface area (Å²) in [4.78, 5) is 28.8. The Balaban J connectivity index is 1.55. The van der Waals surface area contributed by atoms with Crippen molar-refractivity contribution in [2.24, 2.45) is 5.92 Å². The monoisotopic (exact) mass is 693 g/mol. The number of hydrogen-bond acceptors (Lipinski definition) is 10. The lowest BCUT2D eigenvalue weighted by Gasteiger charge is -2.24. The van der Waals surface area contributed by atoms with Gasteiger partial charge in [0.2, 0.25) is 5.13 Å². The number of halogens is 1. The van der Waals surface area contributed by atoms with Crippen LogP contribution in [0.1, 0.15) is 56.8 Å². The van der Waals surface area contributed by atoms with Gasteiger partial charge in [0.25, 0.3) is 5.78 Å². The Hall–Kier alpha value is -4.06. The Morgan fingerprint density at radius 1 is 0.957 bits per heavy atom. The van der Waals surface area contributed by atoms with Gasteiger partial charge in [0.05, 0.1) is 31.4 Å². The van der Waals surface area contributed by atoms with Crippen LogP contribution in [0.5, 0.6) is 17.2 Å². The Bertz CT molecular complexity index is 1740. The van der Waals surface area contributed by atoms with Crippen LogP contribution in [-0.2, 0) is 15.3 Å². The second kappa shape index (κ2) is 15.7. The minimum absolute atomic E-state index is 0.0688. The molecule has 47 heavy (non-hydrogen) atoms. The molecular weight excluding hydrogens is 658 g/mol. The van der Waals surface area contributed by atoms with Crippen LogP contribution in [0, 0.1) is 5.92 Å². The number of thioether (sulfide) groups is 1. The summed E-state index contributed by atoms with van der Waals surface area (Å²) < 4.78 is 18.1. The highest BCUT2D eigenvalue weighted by Gasteiger charge is 2.48. The molecule has 1 amide bonds. The number of aliphatic hydroxyl groups excluding tert-OH is 1. The molecule has 246 valence electrons. The lowest BCUT2D eigenvalue weighted by atomic mass is 9.95. The van der Waals surface area contributed by atoms with Crippen molar-refractivity contribution in [1.29, 1.82) is 0 Å². The fourth-order valence-corrected chi connectivity index (χ4v) is 6.90. The average molecular weight is 694 g/mol. The number of anilines is 1. The molecule has 1 fully saturated rings. The van der Waals surface area contributed by atoms with E-state index >= 15 is 0 Å². The number of aliphatic hydroxyl groups is 1. The number of benzene rings is 3. The standard InChI is InChI=1S/C35H36ClN3O6S2/c1-5-43-26-14-9-23(10-15-26)31(40)29-30(24-11-16-27(28(19-24)44-6-2)45-18-17-21(3)4)39(33(42)32(29)41)34-37-38-35(47-34)46-20-22-7-12-25(36)13-8-22/h7-16,19,21,30,40H,5-6,17-18,20H2,1-4H3. The maximum Gasteiger partial charge on any atom is 0.301 e. The Morgan fingerprint density at radius 2 is 1.68 bits per heavy atom. The third kappa shape index (κ3) is 8.09. The maximum absolute atomic E-state index is 13.8. The summed E-state index contributed by atoms with van der Waals surface area (Å²) in [5.41, 5.74) is 1.89. The number of nitrogens with zero attached hydrogens (tertiary/aromatic N) is 3. The molecule has 0 bridgehead atoms. The van der Waals surface area contributed by atoms with E-state index in [-0.39, 0.29) is 16.5 Å². The first-order chi connectivity index (χ1) is 22.7. The van der Waals surface area contributed by atoms with Gasteiger partial charge in [-0.05, 0) is 85.8 Å². The SMILES string of the molecule is CCOc1ccc(C(O)=C2C(=O)C(=O)N(c3nnc(SCc4ccc(Cl)cc4)s3)C2c2ccc(OCCC(C)C)c(OCC)c2)cc1. The molecule has 1 N–H and O–H groups in total. The first-order valence-corrected chi connectivity index (χ1v) is 17.5. The number of ether oxygens (including phenoxy) is 3. The zero-order valence-corrected chi connectivity index (χ0v) is 29.0. The van der Waals surface area contributed by atoms with Gasteiger partial charge in [0, 0.05) is 16.3 Å². The molecular formula is C35H36ClN3O6S2. The molecule has 0 saturated carbocycles. The Kier molecular flexibility index (Phi) is 11.4. The highest BCUT2D eigenvalue weighted by Crippen LogP contribution is 2.46. The molecule has 1 aliphatic heterocycles. The summed E-state index contributed by atoms with van der Waals surface area (Å²) in [6, 6.07) is 18.5. The molecule has 1 aliphatic rings. The second-order valence-electron chi connectivity index (χ2n) is 11.1. The van der Waals surface area contributed by atoms with Crippen LogP contribution in [0.15, 0.2) is 76.6 Å². The molecule has 12 heteroatoms. The van der Waals surface area contributed by atoms with Crippen LogP contribution in [0.25, 0.3) is 5.76 Å². The summed E-state index contributed by atoms with van der Waals surface area (Å²) in [6.45, 7) is 9.36. The topological polar surface area (TPSA) is 111 Å². The first-order valence-electron chi connectivity index (χ1n) is 15.3. The van der Waals surface area contributed by atoms with E-state index in [1.54, 1.807) is 42.5 Å². The molecule has 4 aromatic rings. The van der Waals surface area contributed by atoms with Gasteiger partial charge < -0.3 is 19.3 Å². The van der Waals surface area contributed by atoms with Crippen LogP contribution in [0.2, 0.25) is 5.02 Å². The van der Waals surface area contributed by atoms with Crippen LogP contribution in [-0.4, -0.2) is 46.8 Å². The number of Topliss-reactive ketones (excluding diaryl/α,β-unsaturated/α-hetero) is 1. The Morgan fingerprint density at radius 3 is 2.36 bits per heavy atom. The number of amides is 1. The third-order valence-corrected chi connectivity index (χ3v) is 9.68. The quantitative estimate of drug-likeness (QED) is 0.0458. The van der Waals surface area contributed by atoms with Gasteiger partial charge in [-0.1, -0.05) is 66.7 Å². The predicted molar refractivity (Wildman–Crippen MR) is 186 cm³/mol. The Labute approximate surface area is 287 Å². The summed E-state index contributed by atoms with van der Waals surface area (Å²) >= 11 is 8.68. The third-order valence-electron chi connectivity index (χ3n) is 7.30. The number of aromatic nitrogens is 2. The van der Waals surface area contributed by atoms with Crippen molar-refractivity contribution in [3.8, 4) is 17.2 Å². The van der Waals surface area contributed by atoms with Crippen LogP contribution < -0.4 is 19.1 Å². The lowest BCUT2D eigenvalue weighted by Crippen LogP contribution is -2.29. The maximum atomic E-state index is 13.8. The van der Waals surface area contributed by atoms with Crippen LogP contribution >= 0.6 is 34.7 Å². The van der Waals surface area contributed by atoms with Crippen molar-refractivity contribution < 1.29 is 28.9 Å². The fourth-order valence-electron chi connectivity index (χ4n) is 4.95. The van der Waals surface area contributed by atoms with Gasteiger partial charge in [-0.25, -0.2) is 0 Å². The van der Waals surface area contributed by atoms with E-state index in [1.807, 2.05) is 38.1 Å². The van der Waals surface area contributed by atoms with Crippen molar-refractivity contribution in [3.63, 3.8) is 0 Å². The van der Waals surface area contributed by atoms with Crippen molar-refractivity contribution in [2.45, 2.75) is 50.3 Å². The molecule has 0 aliphatic carbocycles. The summed E-state index contributed by atoms with van der Waals surface area (Å²) in [6.07, 6.45) is 0.866. The molecule has 0 radical (unpaired) electrons. The van der Waals surface area contributed by atoms with Crippen molar-refractivity contribution in [3.05, 3.63) is 94.0 Å². The van der Waals surface area contributed by atoms with Crippen LogP contribution in [0.4, 0.5) is 5.13 Å². The smallest absolute Gasteiger partial charge is 0.301 e. The van der Waals surface area contributed by atoms with Crippen molar-refractivity contribution in [2.75, 3.05) is 24.7 Å². The van der Waals surface area contributed by atoms with Gasteiger partial charge in [0.1, 0.15) is 11.5 Å². The number of carbonyl (C=O) groups excluding carboxylic acids is 2. The summed E-state index contributed by atoms with van der Waals surface area (Å²) in [5, 5.41) is 21.1. The molecule has 3 aromatic carbocycles. The first kappa shape index (κ1) is 34.3. The number of carbonyl (C=O) groups is 2. The molecule has 1 unspecified atom stereocenters. The van der Waals surface area contributed by atoms with Gasteiger partial charge in [-0.3, -0.25) is 14.5 Å². The second-order valence-corrected chi connectivity index (χ2v) is 13.7. The minimum Gasteiger partial charge on any atom is -0.507 e. The van der Waals surface area contributed by atoms with Crippen molar-refractivity contribution >= 4 is 57.3 Å². The van der Waals surface area contributed by atoms with E-state index < -0.39 is 17.7 Å². The van der Waals surface area contributed by atoms with E-state index in [4.69, 9.17) is 25.8 Å². The molecule has 1 aromatic heterocycles. The molecule has 0 spiro atoms. The normalized spacial score (nSPS) is 15.8. The van der Waals surface area contributed by atoms with E-state index in [9.17, 15) is 14.7 Å². The highest BCUT2D eigenvalue weighted by molar-refractivity contribution is 8.00. The fraction of sp³-hybridized carbons (Fsp3) is 0.314. The molecule has 5 rings (SSSR count). The number of ketones is 1. The van der Waals surface area contributed by atoms with E-state index in [0.29, 0.717) is 69.2 Å². The lowest BCUT2D eigenvalue weighted by molar-refractivity contribution is -0.132. The average Bonchev–Trinajstić information content (AvgIpc) is 3.63. The van der Waals surface area contributed by atoms with Gasteiger partial charge >= 0.3 is 5.91 Å². The van der Waals surface area contributed by atoms with E-state index in [0.717, 1.165) is 12.0 Å². The molecule has 2 heterocycles. The predicted octanol–water partition coefficient (Wildman–Crippen LogP) is 8.33. The largest absolute Gasteiger partial charge is 0.507 e. The number of hydrogen-bond donors (Lipinski definition) is 1. The summed E-state index contributed by atoms with van der Waals surface area (Å²) in [7, 11) is 0. The summed E-state index contributed by atoms with van der Waals surface area (Å²) in [5.74, 6) is 0.762. The molecule has 1 saturated heterocycles. The highest BCUT2D eigenvalue weighted by atomic mass is 35.5. The zero-order chi connectivity index (χ0) is 33.5. The van der Waals surface area contributed by atoms with Crippen LogP contribution in [0.3, 0.4) is 0 Å². The van der Waals surface area contributed by atoms with E-state index in [1.165, 1.54) is 28.0 Å². The van der Waals surface area contributed by atoms with Crippen molar-refractivity contribution in [1.82, 2.24) is 10.2 Å². The van der Waals surface area contributed by atoms with Gasteiger partial charge in [-0.2, -0.15) is 0 Å². The van der Waals surface area contributed by atoms with Gasteiger partial charge in [0.15, 0.2) is 15.8 Å². The van der Waals surface area contributed by atoms with E-state index in [2.05, 4.69) is 24.0 Å². The minimum atomic E-state index is -1.01. The molecule has 9 nitrogen and oxygen atoms in total. The number of rotatable bonds is 14. The molecule has 1 atom stereocenters. The zero-order valence-electron chi connectivity index (χ0n) is 26.6.